The van der Waals surface area contributed by atoms with Gasteiger partial charge < -0.3 is 10.3 Å². The van der Waals surface area contributed by atoms with E-state index in [4.69, 9.17) is 0 Å². The number of nitrogens with zero attached hydrogens (tertiary/aromatic N) is 1. The van der Waals surface area contributed by atoms with Crippen molar-refractivity contribution in [2.75, 3.05) is 0 Å². The van der Waals surface area contributed by atoms with E-state index in [0.29, 0.717) is 17.7 Å². The molecule has 0 unspecified atom stereocenters. The van der Waals surface area contributed by atoms with Gasteiger partial charge in [-0.25, -0.2) is 0 Å². The van der Waals surface area contributed by atoms with Crippen LogP contribution in [-0.4, -0.2) is 16.0 Å². The lowest BCUT2D eigenvalue weighted by molar-refractivity contribution is 0.317. The maximum atomic E-state index is 10.0. The maximum Gasteiger partial charge on any atom is 0.127 e. The largest absolute Gasteiger partial charge is 0.507 e. The van der Waals surface area contributed by atoms with Crippen LogP contribution in [0.25, 0.3) is 0 Å². The molecule has 2 N–H and O–H groups in total. The van der Waals surface area contributed by atoms with Gasteiger partial charge in [0.2, 0.25) is 0 Å². The average Bonchev–Trinajstić information content (AvgIpc) is 2.49. The van der Waals surface area contributed by atoms with Crippen LogP contribution in [0.3, 0.4) is 0 Å². The van der Waals surface area contributed by atoms with E-state index in [0.717, 1.165) is 18.4 Å². The van der Waals surface area contributed by atoms with E-state index in [1.54, 1.807) is 0 Å². The molecule has 3 heteroatoms. The number of phenols is 1. The summed E-state index contributed by atoms with van der Waals surface area (Å²) in [5.74, 6) is 0.227. The molecular formula is C18H29NO2. The van der Waals surface area contributed by atoms with Gasteiger partial charge in [0.1, 0.15) is 5.75 Å². The summed E-state index contributed by atoms with van der Waals surface area (Å²) in [6, 6.07) is 5.54. The van der Waals surface area contributed by atoms with E-state index in [-0.39, 0.29) is 5.75 Å². The fourth-order valence-corrected chi connectivity index (χ4v) is 2.56. The van der Waals surface area contributed by atoms with Crippen LogP contribution in [0.2, 0.25) is 0 Å². The SMILES string of the molecule is CCCCCCCCCC/C(=N/O)c1cccc(C)c1O. The van der Waals surface area contributed by atoms with Crippen molar-refractivity contribution in [2.24, 2.45) is 5.16 Å². The first kappa shape index (κ1) is 17.5. The monoisotopic (exact) mass is 291 g/mol. The molecule has 0 aliphatic carbocycles. The molecule has 0 aromatic heterocycles. The molecule has 0 atom stereocenters. The molecule has 0 saturated heterocycles. The second-order valence-corrected chi connectivity index (χ2v) is 5.74. The highest BCUT2D eigenvalue weighted by Crippen LogP contribution is 2.24. The molecule has 0 aliphatic rings. The molecule has 0 heterocycles. The average molecular weight is 291 g/mol. The minimum Gasteiger partial charge on any atom is -0.507 e. The number of unbranched alkanes of at least 4 members (excludes halogenated alkanes) is 7. The summed E-state index contributed by atoms with van der Waals surface area (Å²) in [6.45, 7) is 4.08. The highest BCUT2D eigenvalue weighted by molar-refractivity contribution is 6.02. The minimum absolute atomic E-state index is 0.227. The standard InChI is InChI=1S/C18H29NO2/c1-3-4-5-6-7-8-9-10-14-17(19-21)16-13-11-12-15(2)18(16)20/h11-13,20-21H,3-10,14H2,1-2H3/b19-17-. The summed E-state index contributed by atoms with van der Waals surface area (Å²) in [5.41, 5.74) is 2.05. The van der Waals surface area contributed by atoms with Crippen molar-refractivity contribution in [3.63, 3.8) is 0 Å². The number of benzene rings is 1. The van der Waals surface area contributed by atoms with Crippen LogP contribution in [0, 0.1) is 6.92 Å². The van der Waals surface area contributed by atoms with Crippen molar-refractivity contribution in [2.45, 2.75) is 71.6 Å². The molecule has 0 fully saturated rings. The molecule has 0 saturated carbocycles. The fourth-order valence-electron chi connectivity index (χ4n) is 2.56. The van der Waals surface area contributed by atoms with Gasteiger partial charge in [-0.15, -0.1) is 0 Å². The number of aryl methyl sites for hydroxylation is 1. The Kier molecular flexibility index (Phi) is 8.56. The van der Waals surface area contributed by atoms with E-state index >= 15 is 0 Å². The van der Waals surface area contributed by atoms with Gasteiger partial charge in [-0.3, -0.25) is 0 Å². The highest BCUT2D eigenvalue weighted by atomic mass is 16.4. The Bertz CT molecular complexity index is 441. The van der Waals surface area contributed by atoms with Crippen LogP contribution in [0.4, 0.5) is 0 Å². The van der Waals surface area contributed by atoms with Gasteiger partial charge in [0.05, 0.1) is 5.71 Å². The van der Waals surface area contributed by atoms with Crippen molar-refractivity contribution < 1.29 is 10.3 Å². The first-order valence-electron chi connectivity index (χ1n) is 8.20. The van der Waals surface area contributed by atoms with E-state index < -0.39 is 0 Å². The molecule has 3 nitrogen and oxygen atoms in total. The Balaban J connectivity index is 2.31. The Hall–Kier alpha value is -1.51. The third-order valence-electron chi connectivity index (χ3n) is 3.94. The van der Waals surface area contributed by atoms with Gasteiger partial charge in [0.15, 0.2) is 0 Å². The van der Waals surface area contributed by atoms with Crippen molar-refractivity contribution in [1.29, 1.82) is 0 Å². The number of oxime groups is 1. The zero-order valence-corrected chi connectivity index (χ0v) is 13.4. The number of phenolic OH excluding ortho intramolecular Hbond substituents is 1. The lowest BCUT2D eigenvalue weighted by Crippen LogP contribution is -2.02. The summed E-state index contributed by atoms with van der Waals surface area (Å²) in [4.78, 5) is 0. The first-order valence-corrected chi connectivity index (χ1v) is 8.20. The smallest absolute Gasteiger partial charge is 0.127 e. The fraction of sp³-hybridized carbons (Fsp3) is 0.611. The summed E-state index contributed by atoms with van der Waals surface area (Å²) in [7, 11) is 0. The van der Waals surface area contributed by atoms with Crippen LogP contribution in [0.15, 0.2) is 23.4 Å². The predicted molar refractivity (Wildman–Crippen MR) is 88.4 cm³/mol. The van der Waals surface area contributed by atoms with Crippen LogP contribution >= 0.6 is 0 Å². The molecule has 1 rings (SSSR count). The molecule has 1 aromatic rings. The Morgan fingerprint density at radius 3 is 2.24 bits per heavy atom. The summed E-state index contributed by atoms with van der Waals surface area (Å²) >= 11 is 0. The number of para-hydroxylation sites is 1. The predicted octanol–water partition coefficient (Wildman–Crippen LogP) is 5.41. The zero-order chi connectivity index (χ0) is 15.5. The molecule has 1 aromatic carbocycles. The zero-order valence-electron chi connectivity index (χ0n) is 13.4. The van der Waals surface area contributed by atoms with Gasteiger partial charge in [-0.1, -0.05) is 69.2 Å². The van der Waals surface area contributed by atoms with Gasteiger partial charge >= 0.3 is 0 Å². The van der Waals surface area contributed by atoms with Gasteiger partial charge in [-0.2, -0.15) is 0 Å². The maximum absolute atomic E-state index is 10.0. The van der Waals surface area contributed by atoms with E-state index in [1.165, 1.54) is 38.5 Å². The second kappa shape index (κ2) is 10.3. The third-order valence-corrected chi connectivity index (χ3v) is 3.94. The lowest BCUT2D eigenvalue weighted by Gasteiger charge is -2.09. The van der Waals surface area contributed by atoms with Gasteiger partial charge in [0.25, 0.3) is 0 Å². The molecule has 0 amide bonds. The Labute approximate surface area is 128 Å². The van der Waals surface area contributed by atoms with Crippen molar-refractivity contribution >= 4 is 5.71 Å². The normalized spacial score (nSPS) is 11.8. The van der Waals surface area contributed by atoms with Crippen molar-refractivity contribution in [1.82, 2.24) is 0 Å². The molecule has 0 aliphatic heterocycles. The second-order valence-electron chi connectivity index (χ2n) is 5.74. The first-order chi connectivity index (χ1) is 10.2. The summed E-state index contributed by atoms with van der Waals surface area (Å²) < 4.78 is 0. The van der Waals surface area contributed by atoms with Crippen molar-refractivity contribution in [3.8, 4) is 5.75 Å². The van der Waals surface area contributed by atoms with E-state index in [2.05, 4.69) is 12.1 Å². The Morgan fingerprint density at radius 2 is 1.62 bits per heavy atom. The Morgan fingerprint density at radius 1 is 1.00 bits per heavy atom. The topological polar surface area (TPSA) is 52.8 Å². The molecule has 0 radical (unpaired) electrons. The molecule has 0 bridgehead atoms. The third kappa shape index (κ3) is 6.19. The van der Waals surface area contributed by atoms with Crippen molar-refractivity contribution in [3.05, 3.63) is 29.3 Å². The number of hydrogen-bond donors (Lipinski definition) is 2. The summed E-state index contributed by atoms with van der Waals surface area (Å²) in [5, 5.41) is 22.6. The minimum atomic E-state index is 0.227. The molecule has 118 valence electrons. The number of rotatable bonds is 10. The molecule has 21 heavy (non-hydrogen) atoms. The summed E-state index contributed by atoms with van der Waals surface area (Å²) in [6.07, 6.45) is 10.7. The number of hydrogen-bond acceptors (Lipinski definition) is 3. The lowest BCUT2D eigenvalue weighted by atomic mass is 10.00. The van der Waals surface area contributed by atoms with E-state index in [1.807, 2.05) is 25.1 Å². The number of aromatic hydroxyl groups is 1. The quantitative estimate of drug-likeness (QED) is 0.262. The van der Waals surface area contributed by atoms with Crippen LogP contribution < -0.4 is 0 Å². The van der Waals surface area contributed by atoms with Gasteiger partial charge in [0, 0.05) is 5.56 Å². The van der Waals surface area contributed by atoms with E-state index in [9.17, 15) is 10.3 Å². The van der Waals surface area contributed by atoms with Crippen LogP contribution in [-0.2, 0) is 0 Å². The molecular weight excluding hydrogens is 262 g/mol. The van der Waals surface area contributed by atoms with Crippen LogP contribution in [0.5, 0.6) is 5.75 Å². The molecule has 0 spiro atoms. The highest BCUT2D eigenvalue weighted by Gasteiger charge is 2.11. The van der Waals surface area contributed by atoms with Gasteiger partial charge in [-0.05, 0) is 31.4 Å². The van der Waals surface area contributed by atoms with Crippen LogP contribution in [0.1, 0.15) is 75.8 Å².